The first-order chi connectivity index (χ1) is 9.15. The van der Waals surface area contributed by atoms with Crippen molar-refractivity contribution in [3.05, 3.63) is 35.7 Å². The van der Waals surface area contributed by atoms with Crippen LogP contribution in [0.3, 0.4) is 0 Å². The summed E-state index contributed by atoms with van der Waals surface area (Å²) in [6.45, 7) is 0. The van der Waals surface area contributed by atoms with Crippen LogP contribution in [0, 0.1) is 0 Å². The van der Waals surface area contributed by atoms with Gasteiger partial charge in [-0.2, -0.15) is 4.37 Å². The summed E-state index contributed by atoms with van der Waals surface area (Å²) in [5, 5.41) is 0.905. The molecule has 0 unspecified atom stereocenters. The number of hydrogen-bond acceptors (Lipinski definition) is 5. The molecular weight excluding hydrogens is 276 g/mol. The number of hydrogen-bond donors (Lipinski definition) is 1. The summed E-state index contributed by atoms with van der Waals surface area (Å²) >= 11 is 6.44. The molecule has 19 heavy (non-hydrogen) atoms. The second-order valence-corrected chi connectivity index (χ2v) is 5.85. The Hall–Kier alpha value is -1.53. The van der Waals surface area contributed by atoms with Crippen LogP contribution in [-0.2, 0) is 0 Å². The normalized spacial score (nSPS) is 14.4. The summed E-state index contributed by atoms with van der Waals surface area (Å²) < 4.78 is 4.42. The van der Waals surface area contributed by atoms with Crippen molar-refractivity contribution >= 4 is 39.6 Å². The largest absolute Gasteiger partial charge is 0.389 e. The molecule has 1 aliphatic carbocycles. The molecule has 4 nitrogen and oxygen atoms in total. The molecule has 3 rings (SSSR count). The van der Waals surface area contributed by atoms with Crippen LogP contribution in [0.1, 0.15) is 30.1 Å². The van der Waals surface area contributed by atoms with Crippen molar-refractivity contribution in [1.82, 2.24) is 9.36 Å². The van der Waals surface area contributed by atoms with Crippen LogP contribution in [-0.4, -0.2) is 21.4 Å². The molecule has 0 aliphatic heterocycles. The molecule has 2 N–H and O–H groups in total. The Labute approximate surface area is 121 Å². The quantitative estimate of drug-likeness (QED) is 0.878. The summed E-state index contributed by atoms with van der Waals surface area (Å²) in [6, 6.07) is 7.85. The maximum Gasteiger partial charge on any atom is 0.209 e. The number of rotatable bonds is 4. The number of aromatic nitrogens is 2. The van der Waals surface area contributed by atoms with Crippen LogP contribution >= 0.6 is 23.8 Å². The molecule has 1 saturated carbocycles. The van der Waals surface area contributed by atoms with E-state index in [4.69, 9.17) is 18.0 Å². The Balaban J connectivity index is 1.87. The van der Waals surface area contributed by atoms with E-state index in [1.165, 1.54) is 24.4 Å². The first-order valence-electron chi connectivity index (χ1n) is 6.12. The van der Waals surface area contributed by atoms with Gasteiger partial charge in [-0.25, -0.2) is 4.98 Å². The first kappa shape index (κ1) is 12.5. The highest BCUT2D eigenvalue weighted by molar-refractivity contribution is 7.80. The minimum absolute atomic E-state index is 0.409. The summed E-state index contributed by atoms with van der Waals surface area (Å²) in [5.41, 5.74) is 7.55. The highest BCUT2D eigenvalue weighted by Gasteiger charge is 2.28. The summed E-state index contributed by atoms with van der Waals surface area (Å²) in [4.78, 5) is 7.02. The average Bonchev–Trinajstić information content (AvgIpc) is 3.16. The van der Waals surface area contributed by atoms with Crippen molar-refractivity contribution < 1.29 is 0 Å². The van der Waals surface area contributed by atoms with Crippen LogP contribution in [0.5, 0.6) is 0 Å². The smallest absolute Gasteiger partial charge is 0.209 e. The van der Waals surface area contributed by atoms with E-state index in [1.54, 1.807) is 0 Å². The van der Waals surface area contributed by atoms with Gasteiger partial charge in [-0.3, -0.25) is 0 Å². The molecule has 1 aliphatic rings. The van der Waals surface area contributed by atoms with Gasteiger partial charge in [0, 0.05) is 35.7 Å². The van der Waals surface area contributed by atoms with Crippen molar-refractivity contribution in [3.63, 3.8) is 0 Å². The SMILES string of the molecule is CN(c1cccc(C(N)=S)c1)c1nc(C2CC2)ns1. The van der Waals surface area contributed by atoms with Gasteiger partial charge in [-0.05, 0) is 25.0 Å². The minimum atomic E-state index is 0.409. The number of benzene rings is 1. The van der Waals surface area contributed by atoms with Crippen molar-refractivity contribution in [1.29, 1.82) is 0 Å². The zero-order valence-electron chi connectivity index (χ0n) is 10.5. The van der Waals surface area contributed by atoms with Crippen molar-refractivity contribution in [3.8, 4) is 0 Å². The molecule has 2 aromatic rings. The highest BCUT2D eigenvalue weighted by Crippen LogP contribution is 2.40. The van der Waals surface area contributed by atoms with Gasteiger partial charge < -0.3 is 10.6 Å². The fourth-order valence-electron chi connectivity index (χ4n) is 1.85. The number of thiocarbonyl (C=S) groups is 1. The van der Waals surface area contributed by atoms with Crippen molar-refractivity contribution in [2.24, 2.45) is 5.73 Å². The lowest BCUT2D eigenvalue weighted by Crippen LogP contribution is -2.13. The zero-order valence-corrected chi connectivity index (χ0v) is 12.2. The third-order valence-corrected chi connectivity index (χ3v) is 4.22. The molecule has 1 heterocycles. The van der Waals surface area contributed by atoms with Gasteiger partial charge in [0.25, 0.3) is 0 Å². The Bertz CT molecular complexity index is 619. The summed E-state index contributed by atoms with van der Waals surface area (Å²) in [7, 11) is 1.98. The zero-order chi connectivity index (χ0) is 13.4. The van der Waals surface area contributed by atoms with E-state index < -0.39 is 0 Å². The second kappa shape index (κ2) is 4.86. The maximum atomic E-state index is 5.66. The van der Waals surface area contributed by atoms with Gasteiger partial charge >= 0.3 is 0 Å². The van der Waals surface area contributed by atoms with E-state index >= 15 is 0 Å². The van der Waals surface area contributed by atoms with Crippen molar-refractivity contribution in [2.45, 2.75) is 18.8 Å². The Morgan fingerprint density at radius 2 is 2.26 bits per heavy atom. The van der Waals surface area contributed by atoms with E-state index in [0.717, 1.165) is 22.2 Å². The number of nitrogens with zero attached hydrogens (tertiary/aromatic N) is 3. The predicted molar refractivity (Wildman–Crippen MR) is 82.3 cm³/mol. The maximum absolute atomic E-state index is 5.66. The van der Waals surface area contributed by atoms with Gasteiger partial charge in [0.05, 0.1) is 0 Å². The molecule has 0 saturated heterocycles. The average molecular weight is 290 g/mol. The first-order valence-corrected chi connectivity index (χ1v) is 7.30. The van der Waals surface area contributed by atoms with Crippen LogP contribution in [0.2, 0.25) is 0 Å². The van der Waals surface area contributed by atoms with Gasteiger partial charge in [-0.1, -0.05) is 24.4 Å². The lowest BCUT2D eigenvalue weighted by Gasteiger charge is -2.16. The van der Waals surface area contributed by atoms with Gasteiger partial charge in [0.15, 0.2) is 0 Å². The molecule has 0 spiro atoms. The van der Waals surface area contributed by atoms with Crippen LogP contribution in [0.15, 0.2) is 24.3 Å². The number of nitrogens with two attached hydrogens (primary N) is 1. The van der Waals surface area contributed by atoms with Gasteiger partial charge in [0.1, 0.15) is 10.8 Å². The summed E-state index contributed by atoms with van der Waals surface area (Å²) in [6.07, 6.45) is 2.44. The third-order valence-electron chi connectivity index (χ3n) is 3.18. The molecule has 0 amide bonds. The molecule has 0 radical (unpaired) electrons. The van der Waals surface area contributed by atoms with E-state index in [2.05, 4.69) is 9.36 Å². The Kier molecular flexibility index (Phi) is 3.20. The fourth-order valence-corrected chi connectivity index (χ4v) is 2.70. The monoisotopic (exact) mass is 290 g/mol. The van der Waals surface area contributed by atoms with Crippen molar-refractivity contribution in [2.75, 3.05) is 11.9 Å². The van der Waals surface area contributed by atoms with Crippen LogP contribution in [0.25, 0.3) is 0 Å². The standard InChI is InChI=1S/C13H14N4S2/c1-17(10-4-2-3-9(7-10)11(14)18)13-15-12(16-19-13)8-5-6-8/h2-4,7-8H,5-6H2,1H3,(H2,14,18). The van der Waals surface area contributed by atoms with E-state index in [9.17, 15) is 0 Å². The Morgan fingerprint density at radius 3 is 2.95 bits per heavy atom. The molecule has 0 bridgehead atoms. The number of anilines is 2. The molecule has 1 aromatic heterocycles. The van der Waals surface area contributed by atoms with Crippen LogP contribution < -0.4 is 10.6 Å². The van der Waals surface area contributed by atoms with Gasteiger partial charge in [-0.15, -0.1) is 0 Å². The molecule has 6 heteroatoms. The van der Waals surface area contributed by atoms with Gasteiger partial charge in [0.2, 0.25) is 5.13 Å². The second-order valence-electron chi connectivity index (χ2n) is 4.68. The highest BCUT2D eigenvalue weighted by atomic mass is 32.1. The molecule has 0 atom stereocenters. The van der Waals surface area contributed by atoms with Crippen LogP contribution in [0.4, 0.5) is 10.8 Å². The molecule has 1 aromatic carbocycles. The molecular formula is C13H14N4S2. The molecule has 98 valence electrons. The summed E-state index contributed by atoms with van der Waals surface area (Å²) in [5.74, 6) is 1.57. The lowest BCUT2D eigenvalue weighted by atomic mass is 10.2. The Morgan fingerprint density at radius 1 is 1.47 bits per heavy atom. The van der Waals surface area contributed by atoms with E-state index in [-0.39, 0.29) is 0 Å². The topological polar surface area (TPSA) is 55.0 Å². The van der Waals surface area contributed by atoms with E-state index in [0.29, 0.717) is 10.9 Å². The minimum Gasteiger partial charge on any atom is -0.389 e. The molecule has 1 fully saturated rings. The third kappa shape index (κ3) is 2.59. The van der Waals surface area contributed by atoms with E-state index in [1.807, 2.05) is 36.2 Å². The fraction of sp³-hybridized carbons (Fsp3) is 0.308. The predicted octanol–water partition coefficient (Wildman–Crippen LogP) is 2.82. The lowest BCUT2D eigenvalue weighted by molar-refractivity contribution is 0.976.